The van der Waals surface area contributed by atoms with Crippen molar-refractivity contribution < 1.29 is 4.52 Å². The summed E-state index contributed by atoms with van der Waals surface area (Å²) in [4.78, 5) is 4.53. The molecule has 1 aliphatic heterocycles. The molecule has 0 aromatic carbocycles. The van der Waals surface area contributed by atoms with Gasteiger partial charge in [0.1, 0.15) is 0 Å². The van der Waals surface area contributed by atoms with Gasteiger partial charge in [-0.05, 0) is 25.7 Å². The number of rotatable bonds is 3. The molecule has 0 bridgehead atoms. The third-order valence-corrected chi connectivity index (χ3v) is 6.18. The first kappa shape index (κ1) is 11.9. The highest BCUT2D eigenvalue weighted by molar-refractivity contribution is 8.06. The number of thioether (sulfide) groups is 2. The zero-order valence-electron chi connectivity index (χ0n) is 9.89. The van der Waals surface area contributed by atoms with Crippen molar-refractivity contribution in [2.75, 3.05) is 17.3 Å². The van der Waals surface area contributed by atoms with Gasteiger partial charge in [-0.15, -0.1) is 11.8 Å². The van der Waals surface area contributed by atoms with Gasteiger partial charge in [-0.2, -0.15) is 16.7 Å². The Balaban J connectivity index is 1.77. The van der Waals surface area contributed by atoms with Crippen LogP contribution in [0.15, 0.2) is 4.52 Å². The molecule has 2 fully saturated rings. The second kappa shape index (κ2) is 4.48. The Morgan fingerprint density at radius 3 is 2.88 bits per heavy atom. The lowest BCUT2D eigenvalue weighted by Gasteiger charge is -2.19. The molecular weight excluding hydrogens is 254 g/mol. The van der Waals surface area contributed by atoms with Crippen molar-refractivity contribution in [2.24, 2.45) is 11.7 Å². The van der Waals surface area contributed by atoms with Gasteiger partial charge in [0.15, 0.2) is 5.82 Å². The first-order valence-electron chi connectivity index (χ1n) is 6.00. The van der Waals surface area contributed by atoms with E-state index in [9.17, 15) is 0 Å². The molecule has 1 aliphatic carbocycles. The maximum Gasteiger partial charge on any atom is 0.246 e. The summed E-state index contributed by atoms with van der Waals surface area (Å²) in [6, 6.07) is 0. The van der Waals surface area contributed by atoms with Crippen LogP contribution in [0.2, 0.25) is 0 Å². The number of hydrogen-bond donors (Lipinski definition) is 1. The summed E-state index contributed by atoms with van der Waals surface area (Å²) in [5.74, 6) is 5.43. The van der Waals surface area contributed by atoms with Gasteiger partial charge < -0.3 is 10.3 Å². The highest BCUT2D eigenvalue weighted by Crippen LogP contribution is 2.44. The fourth-order valence-corrected chi connectivity index (χ4v) is 4.67. The van der Waals surface area contributed by atoms with Crippen LogP contribution in [0.3, 0.4) is 0 Å². The molecule has 2 atom stereocenters. The molecule has 17 heavy (non-hydrogen) atoms. The minimum absolute atomic E-state index is 0.376. The van der Waals surface area contributed by atoms with Crippen LogP contribution in [-0.2, 0) is 5.54 Å². The molecule has 0 radical (unpaired) electrons. The number of hydrogen-bond acceptors (Lipinski definition) is 6. The van der Waals surface area contributed by atoms with E-state index in [0.29, 0.717) is 17.1 Å². The van der Waals surface area contributed by atoms with E-state index in [1.54, 1.807) is 0 Å². The van der Waals surface area contributed by atoms with Crippen molar-refractivity contribution >= 4 is 23.5 Å². The molecule has 3 rings (SSSR count). The Bertz CT molecular complexity index is 397. The maximum atomic E-state index is 6.28. The van der Waals surface area contributed by atoms with E-state index in [-0.39, 0.29) is 0 Å². The number of aromatic nitrogens is 2. The zero-order chi connectivity index (χ0) is 11.9. The van der Waals surface area contributed by atoms with Crippen LogP contribution in [-0.4, -0.2) is 27.4 Å². The third-order valence-electron chi connectivity index (χ3n) is 3.43. The van der Waals surface area contributed by atoms with E-state index < -0.39 is 5.54 Å². The zero-order valence-corrected chi connectivity index (χ0v) is 11.5. The van der Waals surface area contributed by atoms with Gasteiger partial charge in [-0.25, -0.2) is 0 Å². The fraction of sp³-hybridized carbons (Fsp3) is 0.818. The number of nitrogens with two attached hydrogens (primary N) is 1. The van der Waals surface area contributed by atoms with E-state index in [0.717, 1.165) is 11.6 Å². The first-order chi connectivity index (χ1) is 8.18. The van der Waals surface area contributed by atoms with Crippen molar-refractivity contribution in [1.29, 1.82) is 0 Å². The lowest BCUT2D eigenvalue weighted by atomic mass is 9.97. The summed E-state index contributed by atoms with van der Waals surface area (Å²) in [7, 11) is 0. The monoisotopic (exact) mass is 271 g/mol. The van der Waals surface area contributed by atoms with Crippen LogP contribution in [0.25, 0.3) is 0 Å². The fourth-order valence-electron chi connectivity index (χ4n) is 2.08. The second-order valence-corrected chi connectivity index (χ2v) is 7.41. The van der Waals surface area contributed by atoms with Crippen LogP contribution in [0.5, 0.6) is 0 Å². The van der Waals surface area contributed by atoms with Crippen molar-refractivity contribution in [2.45, 2.75) is 30.6 Å². The molecule has 1 saturated heterocycles. The third kappa shape index (κ3) is 2.35. The maximum absolute atomic E-state index is 6.28. The van der Waals surface area contributed by atoms with Gasteiger partial charge >= 0.3 is 0 Å². The summed E-state index contributed by atoms with van der Waals surface area (Å²) < 4.78 is 5.38. The quantitative estimate of drug-likeness (QED) is 0.909. The van der Waals surface area contributed by atoms with Gasteiger partial charge in [0.05, 0.1) is 10.8 Å². The molecule has 4 nitrogen and oxygen atoms in total. The molecular formula is C11H17N3OS2. The Labute approximate surface area is 109 Å². The summed E-state index contributed by atoms with van der Waals surface area (Å²) in [6.07, 6.45) is 2.36. The normalized spacial score (nSPS) is 28.9. The Morgan fingerprint density at radius 1 is 1.41 bits per heavy atom. The molecule has 2 aliphatic rings. The van der Waals surface area contributed by atoms with E-state index in [2.05, 4.69) is 10.1 Å². The molecule has 1 aromatic rings. The molecule has 0 amide bonds. The van der Waals surface area contributed by atoms with Crippen molar-refractivity contribution in [1.82, 2.24) is 10.1 Å². The summed E-state index contributed by atoms with van der Waals surface area (Å²) in [5, 5.41) is 4.49. The Kier molecular flexibility index (Phi) is 3.13. The molecule has 2 heterocycles. The van der Waals surface area contributed by atoms with Crippen LogP contribution in [0.1, 0.15) is 36.7 Å². The molecule has 94 valence electrons. The van der Waals surface area contributed by atoms with E-state index in [1.165, 1.54) is 24.3 Å². The average Bonchev–Trinajstić information content (AvgIpc) is 3.08. The van der Waals surface area contributed by atoms with E-state index in [4.69, 9.17) is 10.3 Å². The topological polar surface area (TPSA) is 64.9 Å². The molecule has 1 saturated carbocycles. The average molecular weight is 271 g/mol. The van der Waals surface area contributed by atoms with Crippen LogP contribution >= 0.6 is 23.5 Å². The van der Waals surface area contributed by atoms with Crippen molar-refractivity contribution in [3.8, 4) is 0 Å². The van der Waals surface area contributed by atoms with E-state index >= 15 is 0 Å². The van der Waals surface area contributed by atoms with Gasteiger partial charge in [0.25, 0.3) is 0 Å². The number of nitrogens with zero attached hydrogens (tertiary/aromatic N) is 2. The Morgan fingerprint density at radius 2 is 2.24 bits per heavy atom. The van der Waals surface area contributed by atoms with Gasteiger partial charge in [-0.3, -0.25) is 0 Å². The Hall–Kier alpha value is -0.200. The predicted molar refractivity (Wildman–Crippen MR) is 71.1 cm³/mol. The van der Waals surface area contributed by atoms with Crippen LogP contribution in [0, 0.1) is 5.92 Å². The lowest BCUT2D eigenvalue weighted by Crippen LogP contribution is -2.35. The molecule has 0 spiro atoms. The van der Waals surface area contributed by atoms with Gasteiger partial charge in [0, 0.05) is 17.3 Å². The second-order valence-electron chi connectivity index (χ2n) is 4.95. The molecule has 1 aromatic heterocycles. The smallest absolute Gasteiger partial charge is 0.246 e. The van der Waals surface area contributed by atoms with Gasteiger partial charge in [-0.1, -0.05) is 5.16 Å². The predicted octanol–water partition coefficient (Wildman–Crippen LogP) is 2.17. The lowest BCUT2D eigenvalue weighted by molar-refractivity contribution is 0.272. The van der Waals surface area contributed by atoms with Crippen molar-refractivity contribution in [3.63, 3.8) is 0 Å². The largest absolute Gasteiger partial charge is 0.337 e. The standard InChI is InChI=1S/C11H17N3OS2/c1-11(12,7-2-3-7)10-13-9(14-15-10)8-6-16-4-5-17-8/h7-8H,2-6,12H2,1H3. The minimum atomic E-state index is -0.433. The first-order valence-corrected chi connectivity index (χ1v) is 8.20. The summed E-state index contributed by atoms with van der Waals surface area (Å²) >= 11 is 3.88. The van der Waals surface area contributed by atoms with E-state index in [1.807, 2.05) is 30.4 Å². The van der Waals surface area contributed by atoms with Crippen molar-refractivity contribution in [3.05, 3.63) is 11.7 Å². The highest BCUT2D eigenvalue weighted by Gasteiger charge is 2.44. The summed E-state index contributed by atoms with van der Waals surface area (Å²) in [5.41, 5.74) is 5.85. The molecule has 6 heteroatoms. The van der Waals surface area contributed by atoms with Crippen LogP contribution < -0.4 is 5.73 Å². The summed E-state index contributed by atoms with van der Waals surface area (Å²) in [6.45, 7) is 2.00. The van der Waals surface area contributed by atoms with Crippen LogP contribution in [0.4, 0.5) is 0 Å². The SMILES string of the molecule is CC(N)(c1nc(C2CSCCS2)no1)C1CC1. The highest BCUT2D eigenvalue weighted by atomic mass is 32.2. The molecule has 2 N–H and O–H groups in total. The van der Waals surface area contributed by atoms with Gasteiger partial charge in [0.2, 0.25) is 5.89 Å². The minimum Gasteiger partial charge on any atom is -0.337 e. The molecule has 2 unspecified atom stereocenters.